The van der Waals surface area contributed by atoms with Crippen LogP contribution >= 0.6 is 0 Å². The number of hydrogen-bond acceptors (Lipinski definition) is 2. The first kappa shape index (κ1) is 7.06. The lowest BCUT2D eigenvalue weighted by Crippen LogP contribution is -2.13. The summed E-state index contributed by atoms with van der Waals surface area (Å²) in [4.78, 5) is 10.4. The molecule has 0 bridgehead atoms. The lowest BCUT2D eigenvalue weighted by Gasteiger charge is -2.11. The van der Waals surface area contributed by atoms with Crippen molar-refractivity contribution in [3.8, 4) is 0 Å². The number of hydrogen-bond donors (Lipinski definition) is 0. The van der Waals surface area contributed by atoms with Crippen molar-refractivity contribution in [1.82, 2.24) is 0 Å². The summed E-state index contributed by atoms with van der Waals surface area (Å²) in [5.74, 6) is -0.218. The van der Waals surface area contributed by atoms with Crippen molar-refractivity contribution in [2.24, 2.45) is 0 Å². The minimum absolute atomic E-state index is 0.0394. The topological polar surface area (TPSA) is 26.3 Å². The summed E-state index contributed by atoms with van der Waals surface area (Å²) < 4.78 is 4.91. The summed E-state index contributed by atoms with van der Waals surface area (Å²) in [5, 5.41) is 0. The number of rotatable bonds is 1. The second-order valence-corrected chi connectivity index (χ2v) is 2.20. The van der Waals surface area contributed by atoms with Crippen LogP contribution in [0.3, 0.4) is 0 Å². The van der Waals surface area contributed by atoms with Crippen molar-refractivity contribution in [1.29, 1.82) is 0 Å². The quantitative estimate of drug-likeness (QED) is 0.512. The van der Waals surface area contributed by atoms with Crippen LogP contribution in [-0.2, 0) is 9.53 Å². The molecule has 0 aromatic carbocycles. The molecule has 0 aromatic heterocycles. The van der Waals surface area contributed by atoms with E-state index >= 15 is 0 Å². The molecule has 0 unspecified atom stereocenters. The predicted octanol–water partition coefficient (Wildman–Crippen LogP) is 1.43. The standard InChI is InChI=1S/C8H10O2/c1-7(9)10-8-5-3-2-4-6-8/h2-5,8H,6H2,1H3/t8-/m0/s1. The normalized spacial score (nSPS) is 22.7. The second kappa shape index (κ2) is 3.20. The number of ether oxygens (including phenoxy) is 1. The summed E-state index contributed by atoms with van der Waals surface area (Å²) >= 11 is 0. The van der Waals surface area contributed by atoms with E-state index in [0.717, 1.165) is 6.42 Å². The zero-order valence-electron chi connectivity index (χ0n) is 5.91. The first-order valence-corrected chi connectivity index (χ1v) is 3.29. The van der Waals surface area contributed by atoms with Crippen LogP contribution < -0.4 is 0 Å². The smallest absolute Gasteiger partial charge is 0.303 e. The van der Waals surface area contributed by atoms with Crippen LogP contribution in [0.5, 0.6) is 0 Å². The predicted molar refractivity (Wildman–Crippen MR) is 38.5 cm³/mol. The largest absolute Gasteiger partial charge is 0.458 e. The molecule has 0 heterocycles. The summed E-state index contributed by atoms with van der Waals surface area (Å²) in [6, 6.07) is 0. The van der Waals surface area contributed by atoms with E-state index < -0.39 is 0 Å². The highest BCUT2D eigenvalue weighted by atomic mass is 16.5. The Morgan fingerprint density at radius 1 is 1.60 bits per heavy atom. The van der Waals surface area contributed by atoms with Gasteiger partial charge in [0.1, 0.15) is 6.10 Å². The van der Waals surface area contributed by atoms with Crippen molar-refractivity contribution < 1.29 is 9.53 Å². The van der Waals surface area contributed by atoms with E-state index in [1.54, 1.807) is 0 Å². The van der Waals surface area contributed by atoms with Gasteiger partial charge in [0.2, 0.25) is 0 Å². The molecule has 10 heavy (non-hydrogen) atoms. The van der Waals surface area contributed by atoms with Crippen molar-refractivity contribution >= 4 is 5.97 Å². The molecule has 0 spiro atoms. The summed E-state index contributed by atoms with van der Waals surface area (Å²) in [6.07, 6.45) is 8.45. The molecule has 0 fully saturated rings. The molecule has 1 atom stereocenters. The maximum Gasteiger partial charge on any atom is 0.303 e. The Morgan fingerprint density at radius 3 is 2.90 bits per heavy atom. The monoisotopic (exact) mass is 138 g/mol. The highest BCUT2D eigenvalue weighted by Gasteiger charge is 2.06. The minimum Gasteiger partial charge on any atom is -0.458 e. The van der Waals surface area contributed by atoms with E-state index in [1.807, 2.05) is 24.3 Å². The Morgan fingerprint density at radius 2 is 2.40 bits per heavy atom. The molecule has 0 radical (unpaired) electrons. The minimum atomic E-state index is -0.218. The van der Waals surface area contributed by atoms with Crippen molar-refractivity contribution in [2.75, 3.05) is 0 Å². The average Bonchev–Trinajstić information content (AvgIpc) is 1.88. The average molecular weight is 138 g/mol. The van der Waals surface area contributed by atoms with Crippen molar-refractivity contribution in [2.45, 2.75) is 19.4 Å². The van der Waals surface area contributed by atoms with E-state index in [0.29, 0.717) is 0 Å². The van der Waals surface area contributed by atoms with Crippen LogP contribution in [0.1, 0.15) is 13.3 Å². The molecule has 2 nitrogen and oxygen atoms in total. The number of carbonyl (C=O) groups excluding carboxylic acids is 1. The van der Waals surface area contributed by atoms with Gasteiger partial charge < -0.3 is 4.74 Å². The third-order valence-corrected chi connectivity index (χ3v) is 1.26. The van der Waals surface area contributed by atoms with E-state index in [4.69, 9.17) is 4.74 Å². The van der Waals surface area contributed by atoms with Crippen LogP contribution in [-0.4, -0.2) is 12.1 Å². The highest BCUT2D eigenvalue weighted by Crippen LogP contribution is 2.06. The second-order valence-electron chi connectivity index (χ2n) is 2.20. The van der Waals surface area contributed by atoms with Crippen LogP contribution in [0.25, 0.3) is 0 Å². The molecular formula is C8H10O2. The van der Waals surface area contributed by atoms with Gasteiger partial charge in [0.25, 0.3) is 0 Å². The first-order chi connectivity index (χ1) is 4.79. The van der Waals surface area contributed by atoms with Gasteiger partial charge in [-0.15, -0.1) is 0 Å². The van der Waals surface area contributed by atoms with Crippen LogP contribution in [0.15, 0.2) is 24.3 Å². The Hall–Kier alpha value is -1.05. The maximum atomic E-state index is 10.4. The lowest BCUT2D eigenvalue weighted by atomic mass is 10.1. The molecule has 1 rings (SSSR count). The Labute approximate surface area is 60.2 Å². The SMILES string of the molecule is CC(=O)O[C@H]1C=CC=CC1. The molecule has 0 amide bonds. The number of allylic oxidation sites excluding steroid dienone is 2. The molecule has 0 aliphatic heterocycles. The molecule has 54 valence electrons. The molecule has 0 saturated carbocycles. The van der Waals surface area contributed by atoms with Crippen LogP contribution in [0.2, 0.25) is 0 Å². The molecular weight excluding hydrogens is 128 g/mol. The summed E-state index contributed by atoms with van der Waals surface area (Å²) in [7, 11) is 0. The van der Waals surface area contributed by atoms with Gasteiger partial charge in [-0.05, 0) is 6.08 Å². The van der Waals surface area contributed by atoms with E-state index in [2.05, 4.69) is 0 Å². The Kier molecular flexibility index (Phi) is 2.26. The van der Waals surface area contributed by atoms with Crippen LogP contribution in [0.4, 0.5) is 0 Å². The van der Waals surface area contributed by atoms with E-state index in [1.165, 1.54) is 6.92 Å². The lowest BCUT2D eigenvalue weighted by molar-refractivity contribution is -0.144. The van der Waals surface area contributed by atoms with E-state index in [-0.39, 0.29) is 12.1 Å². The number of esters is 1. The Bertz CT molecular complexity index is 180. The van der Waals surface area contributed by atoms with Crippen LogP contribution in [0, 0.1) is 0 Å². The highest BCUT2D eigenvalue weighted by molar-refractivity contribution is 5.66. The molecule has 0 aromatic rings. The zero-order chi connectivity index (χ0) is 7.40. The Balaban J connectivity index is 2.37. The molecule has 0 saturated heterocycles. The zero-order valence-corrected chi connectivity index (χ0v) is 5.91. The fourth-order valence-corrected chi connectivity index (χ4v) is 0.858. The number of carbonyl (C=O) groups is 1. The van der Waals surface area contributed by atoms with Gasteiger partial charge in [0, 0.05) is 13.3 Å². The summed E-state index contributed by atoms with van der Waals surface area (Å²) in [5.41, 5.74) is 0. The molecule has 1 aliphatic rings. The summed E-state index contributed by atoms with van der Waals surface area (Å²) in [6.45, 7) is 1.42. The first-order valence-electron chi connectivity index (χ1n) is 3.29. The fraction of sp³-hybridized carbons (Fsp3) is 0.375. The molecule has 1 aliphatic carbocycles. The van der Waals surface area contributed by atoms with Gasteiger partial charge in [-0.3, -0.25) is 4.79 Å². The third kappa shape index (κ3) is 2.05. The third-order valence-electron chi connectivity index (χ3n) is 1.26. The fourth-order valence-electron chi connectivity index (χ4n) is 0.858. The maximum absolute atomic E-state index is 10.4. The van der Waals surface area contributed by atoms with Gasteiger partial charge in [-0.1, -0.05) is 18.2 Å². The van der Waals surface area contributed by atoms with Gasteiger partial charge in [0.05, 0.1) is 0 Å². The molecule has 0 N–H and O–H groups in total. The van der Waals surface area contributed by atoms with Gasteiger partial charge in [-0.2, -0.15) is 0 Å². The van der Waals surface area contributed by atoms with Gasteiger partial charge in [0.15, 0.2) is 0 Å². The van der Waals surface area contributed by atoms with Crippen molar-refractivity contribution in [3.05, 3.63) is 24.3 Å². The molecule has 2 heteroatoms. The van der Waals surface area contributed by atoms with Gasteiger partial charge >= 0.3 is 5.97 Å². The van der Waals surface area contributed by atoms with Gasteiger partial charge in [-0.25, -0.2) is 0 Å². The van der Waals surface area contributed by atoms with Crippen molar-refractivity contribution in [3.63, 3.8) is 0 Å². The van der Waals surface area contributed by atoms with E-state index in [9.17, 15) is 4.79 Å².